The van der Waals surface area contributed by atoms with Crippen LogP contribution >= 0.6 is 0 Å². The number of amides is 1. The van der Waals surface area contributed by atoms with Crippen molar-refractivity contribution < 1.29 is 9.59 Å². The van der Waals surface area contributed by atoms with Crippen molar-refractivity contribution in [3.8, 4) is 0 Å². The fraction of sp³-hybridized carbons (Fsp3) is 0.545. The zero-order valence-electron chi connectivity index (χ0n) is 9.40. The number of H-pyrrole nitrogens is 1. The molecule has 6 nitrogen and oxygen atoms in total. The van der Waals surface area contributed by atoms with E-state index in [1.165, 1.54) is 6.33 Å². The van der Waals surface area contributed by atoms with E-state index in [2.05, 4.69) is 20.6 Å². The summed E-state index contributed by atoms with van der Waals surface area (Å²) in [5.41, 5.74) is 0.734. The molecule has 6 heteroatoms. The van der Waals surface area contributed by atoms with Gasteiger partial charge in [0.25, 0.3) is 0 Å². The fourth-order valence-corrected chi connectivity index (χ4v) is 1.91. The first-order chi connectivity index (χ1) is 8.29. The molecule has 2 rings (SSSR count). The third-order valence-electron chi connectivity index (χ3n) is 2.80. The Morgan fingerprint density at radius 3 is 3.18 bits per heavy atom. The number of aromatic nitrogens is 2. The van der Waals surface area contributed by atoms with Crippen LogP contribution in [0.25, 0.3) is 0 Å². The van der Waals surface area contributed by atoms with E-state index in [9.17, 15) is 9.59 Å². The van der Waals surface area contributed by atoms with Gasteiger partial charge in [0.1, 0.15) is 6.04 Å². The van der Waals surface area contributed by atoms with Gasteiger partial charge in [0.2, 0.25) is 12.2 Å². The minimum Gasteiger partial charge on any atom is -0.351 e. The quantitative estimate of drug-likeness (QED) is 0.629. The molecular weight excluding hydrogens is 220 g/mol. The molecule has 0 spiro atoms. The molecule has 1 radical (unpaired) electrons. The largest absolute Gasteiger partial charge is 0.351 e. The van der Waals surface area contributed by atoms with Crippen molar-refractivity contribution in [2.75, 3.05) is 6.54 Å². The minimum absolute atomic E-state index is 0.133. The van der Waals surface area contributed by atoms with Crippen molar-refractivity contribution in [3.05, 3.63) is 18.2 Å². The van der Waals surface area contributed by atoms with Gasteiger partial charge >= 0.3 is 0 Å². The van der Waals surface area contributed by atoms with Gasteiger partial charge in [-0.2, -0.15) is 0 Å². The molecule has 1 amide bonds. The van der Waals surface area contributed by atoms with Crippen molar-refractivity contribution >= 4 is 12.2 Å². The smallest absolute Gasteiger partial charge is 0.237 e. The molecule has 1 aliphatic heterocycles. The number of nitrogens with zero attached hydrogens (tertiary/aromatic N) is 1. The van der Waals surface area contributed by atoms with E-state index < -0.39 is 6.04 Å². The maximum Gasteiger partial charge on any atom is 0.237 e. The summed E-state index contributed by atoms with van der Waals surface area (Å²) in [6.07, 6.45) is 7.25. The number of carbonyl (C=O) groups is 1. The van der Waals surface area contributed by atoms with Crippen LogP contribution in [0.5, 0.6) is 0 Å². The van der Waals surface area contributed by atoms with Crippen molar-refractivity contribution in [3.63, 3.8) is 0 Å². The number of imidazole rings is 1. The molecule has 3 N–H and O–H groups in total. The minimum atomic E-state index is -0.631. The molecule has 2 atom stereocenters. The van der Waals surface area contributed by atoms with Gasteiger partial charge in [-0.1, -0.05) is 0 Å². The molecule has 1 aromatic rings. The lowest BCUT2D eigenvalue weighted by atomic mass is 10.1. The van der Waals surface area contributed by atoms with Crippen LogP contribution in [0.3, 0.4) is 0 Å². The van der Waals surface area contributed by atoms with Crippen LogP contribution in [0.15, 0.2) is 12.5 Å². The highest BCUT2D eigenvalue weighted by Gasteiger charge is 2.24. The molecule has 17 heavy (non-hydrogen) atoms. The summed E-state index contributed by atoms with van der Waals surface area (Å²) < 4.78 is 0. The second-order valence-corrected chi connectivity index (χ2v) is 4.09. The van der Waals surface area contributed by atoms with Gasteiger partial charge < -0.3 is 15.6 Å². The summed E-state index contributed by atoms with van der Waals surface area (Å²) in [5, 5.41) is 5.75. The van der Waals surface area contributed by atoms with Gasteiger partial charge in [-0.15, -0.1) is 0 Å². The number of carbonyl (C=O) groups excluding carboxylic acids is 2. The van der Waals surface area contributed by atoms with Crippen molar-refractivity contribution in [2.24, 2.45) is 0 Å². The Morgan fingerprint density at radius 2 is 2.59 bits per heavy atom. The van der Waals surface area contributed by atoms with Crippen LogP contribution in [0.4, 0.5) is 0 Å². The Bertz CT molecular complexity index is 371. The van der Waals surface area contributed by atoms with Crippen LogP contribution in [-0.4, -0.2) is 40.8 Å². The highest BCUT2D eigenvalue weighted by molar-refractivity contribution is 5.84. The predicted molar refractivity (Wildman–Crippen MR) is 60.9 cm³/mol. The van der Waals surface area contributed by atoms with E-state index in [0.717, 1.165) is 25.1 Å². The lowest BCUT2D eigenvalue weighted by Crippen LogP contribution is -2.46. The molecule has 1 fully saturated rings. The zero-order valence-corrected chi connectivity index (χ0v) is 9.40. The maximum absolute atomic E-state index is 11.8. The molecule has 91 valence electrons. The summed E-state index contributed by atoms with van der Waals surface area (Å²) in [4.78, 5) is 29.4. The zero-order chi connectivity index (χ0) is 12.1. The Kier molecular flexibility index (Phi) is 3.87. The van der Waals surface area contributed by atoms with Gasteiger partial charge in [0.15, 0.2) is 0 Å². The summed E-state index contributed by atoms with van der Waals surface area (Å²) in [5.74, 6) is -0.133. The molecular formula is C11H15N4O2. The average Bonchev–Trinajstić information content (AvgIpc) is 3.00. The summed E-state index contributed by atoms with van der Waals surface area (Å²) in [6.45, 7) is 0.854. The third kappa shape index (κ3) is 3.13. The standard InChI is InChI=1S/C11H15N4O2/c16-6-9(4-8-5-12-7-14-8)15-11(17)10-2-1-3-13-10/h5,7,9-10,13H,1-4H2,(H,12,14)(H,15,17)/t9-,10-/m0/s1. The van der Waals surface area contributed by atoms with Gasteiger partial charge in [-0.3, -0.25) is 9.59 Å². The number of hydrogen-bond donors (Lipinski definition) is 3. The second-order valence-electron chi connectivity index (χ2n) is 4.09. The summed E-state index contributed by atoms with van der Waals surface area (Å²) in [6, 6.07) is -0.807. The Labute approximate surface area is 99.2 Å². The lowest BCUT2D eigenvalue weighted by Gasteiger charge is -2.14. The fourth-order valence-electron chi connectivity index (χ4n) is 1.91. The highest BCUT2D eigenvalue weighted by Crippen LogP contribution is 2.05. The summed E-state index contributed by atoms with van der Waals surface area (Å²) >= 11 is 0. The molecule has 0 aliphatic carbocycles. The number of aromatic amines is 1. The first-order valence-electron chi connectivity index (χ1n) is 5.68. The molecule has 0 saturated carbocycles. The number of nitrogens with one attached hydrogen (secondary N) is 3. The van der Waals surface area contributed by atoms with E-state index in [1.54, 1.807) is 6.20 Å². The second kappa shape index (κ2) is 5.58. The van der Waals surface area contributed by atoms with E-state index in [0.29, 0.717) is 6.42 Å². The topological polar surface area (TPSA) is 86.9 Å². The summed E-state index contributed by atoms with van der Waals surface area (Å²) in [7, 11) is 0. The van der Waals surface area contributed by atoms with Crippen LogP contribution in [0, 0.1) is 0 Å². The Balaban J connectivity index is 1.86. The van der Waals surface area contributed by atoms with E-state index in [4.69, 9.17) is 0 Å². The molecule has 1 saturated heterocycles. The van der Waals surface area contributed by atoms with Gasteiger partial charge in [-0.05, 0) is 19.4 Å². The normalized spacial score (nSPS) is 21.1. The predicted octanol–water partition coefficient (Wildman–Crippen LogP) is -0.701. The molecule has 2 heterocycles. The molecule has 0 aromatic carbocycles. The Hall–Kier alpha value is -1.69. The van der Waals surface area contributed by atoms with Crippen LogP contribution in [-0.2, 0) is 16.0 Å². The molecule has 1 aliphatic rings. The number of rotatable bonds is 5. The van der Waals surface area contributed by atoms with Crippen molar-refractivity contribution in [2.45, 2.75) is 31.3 Å². The van der Waals surface area contributed by atoms with E-state index >= 15 is 0 Å². The van der Waals surface area contributed by atoms with E-state index in [-0.39, 0.29) is 11.9 Å². The van der Waals surface area contributed by atoms with Crippen molar-refractivity contribution in [1.29, 1.82) is 0 Å². The van der Waals surface area contributed by atoms with Crippen LogP contribution in [0.1, 0.15) is 18.5 Å². The van der Waals surface area contributed by atoms with Crippen molar-refractivity contribution in [1.82, 2.24) is 20.6 Å². The molecule has 1 aromatic heterocycles. The third-order valence-corrected chi connectivity index (χ3v) is 2.80. The number of hydrogen-bond acceptors (Lipinski definition) is 4. The van der Waals surface area contributed by atoms with Gasteiger partial charge in [-0.25, -0.2) is 4.98 Å². The van der Waals surface area contributed by atoms with Gasteiger partial charge in [0, 0.05) is 12.6 Å². The highest BCUT2D eigenvalue weighted by atomic mass is 16.2. The van der Waals surface area contributed by atoms with Crippen LogP contribution < -0.4 is 10.6 Å². The van der Waals surface area contributed by atoms with Gasteiger partial charge in [0.05, 0.1) is 18.1 Å². The molecule has 0 bridgehead atoms. The lowest BCUT2D eigenvalue weighted by molar-refractivity contribution is -0.123. The SMILES string of the molecule is O=[C][C@H](Cc1c[nH]cn1)NC(=O)[C@@H]1CCCN1. The maximum atomic E-state index is 11.8. The average molecular weight is 235 g/mol. The molecule has 0 unspecified atom stereocenters. The first kappa shape index (κ1) is 11.8. The monoisotopic (exact) mass is 235 g/mol. The Morgan fingerprint density at radius 1 is 1.71 bits per heavy atom. The van der Waals surface area contributed by atoms with E-state index in [1.807, 2.05) is 6.29 Å². The van der Waals surface area contributed by atoms with Crippen LogP contribution in [0.2, 0.25) is 0 Å². The first-order valence-corrected chi connectivity index (χ1v) is 5.68.